The number of carbonyl (C=O) groups is 2. The van der Waals surface area contributed by atoms with Gasteiger partial charge in [-0.25, -0.2) is 0 Å². The summed E-state index contributed by atoms with van der Waals surface area (Å²) in [4.78, 5) is 24.4. The molecule has 0 unspecified atom stereocenters. The van der Waals surface area contributed by atoms with E-state index in [0.29, 0.717) is 24.2 Å². The molecule has 1 saturated heterocycles. The van der Waals surface area contributed by atoms with Crippen LogP contribution >= 0.6 is 0 Å². The van der Waals surface area contributed by atoms with Crippen LogP contribution in [0.25, 0.3) is 11.3 Å². The molecule has 0 atom stereocenters. The van der Waals surface area contributed by atoms with Crippen molar-refractivity contribution >= 4 is 17.9 Å². The van der Waals surface area contributed by atoms with E-state index in [1.54, 1.807) is 12.1 Å². The van der Waals surface area contributed by atoms with Crippen LogP contribution in [0.1, 0.15) is 29.8 Å². The van der Waals surface area contributed by atoms with Crippen molar-refractivity contribution in [2.45, 2.75) is 19.3 Å². The highest BCUT2D eigenvalue weighted by Crippen LogP contribution is 2.28. The summed E-state index contributed by atoms with van der Waals surface area (Å²) in [5, 5.41) is 0. The van der Waals surface area contributed by atoms with E-state index in [1.165, 1.54) is 0 Å². The number of furan rings is 1. The van der Waals surface area contributed by atoms with Crippen LogP contribution in [0.2, 0.25) is 0 Å². The Balaban J connectivity index is 1.92. The summed E-state index contributed by atoms with van der Waals surface area (Å²) in [7, 11) is 0. The second kappa shape index (κ2) is 5.33. The van der Waals surface area contributed by atoms with Crippen LogP contribution in [0.15, 0.2) is 40.8 Å². The molecule has 1 aromatic heterocycles. The largest absolute Gasteiger partial charge is 0.453 e. The fourth-order valence-electron chi connectivity index (χ4n) is 2.48. The van der Waals surface area contributed by atoms with Crippen molar-refractivity contribution in [3.63, 3.8) is 0 Å². The minimum absolute atomic E-state index is 0.168. The van der Waals surface area contributed by atoms with Gasteiger partial charge in [-0.3, -0.25) is 9.59 Å². The van der Waals surface area contributed by atoms with Crippen LogP contribution in [0.4, 0.5) is 5.69 Å². The normalized spacial score (nSPS) is 15.4. The first-order valence-corrected chi connectivity index (χ1v) is 6.74. The van der Waals surface area contributed by atoms with Crippen molar-refractivity contribution in [3.05, 3.63) is 42.2 Å². The Bertz CT molecular complexity index is 645. The summed E-state index contributed by atoms with van der Waals surface area (Å²) < 4.78 is 5.42. The van der Waals surface area contributed by atoms with Crippen LogP contribution in [0.3, 0.4) is 0 Å². The van der Waals surface area contributed by atoms with E-state index in [4.69, 9.17) is 4.42 Å². The molecule has 2 aromatic rings. The Morgan fingerprint density at radius 3 is 2.80 bits per heavy atom. The first-order chi connectivity index (χ1) is 9.78. The van der Waals surface area contributed by atoms with E-state index in [-0.39, 0.29) is 5.91 Å². The molecule has 0 spiro atoms. The maximum Gasteiger partial charge on any atom is 0.226 e. The van der Waals surface area contributed by atoms with E-state index < -0.39 is 0 Å². The van der Waals surface area contributed by atoms with Crippen molar-refractivity contribution in [2.24, 2.45) is 0 Å². The molecule has 4 heteroatoms. The summed E-state index contributed by atoms with van der Waals surface area (Å²) in [6.45, 7) is 0.764. The minimum atomic E-state index is 0.168. The van der Waals surface area contributed by atoms with Crippen LogP contribution in [0, 0.1) is 0 Å². The van der Waals surface area contributed by atoms with Gasteiger partial charge in [-0.2, -0.15) is 0 Å². The van der Waals surface area contributed by atoms with Crippen molar-refractivity contribution in [1.82, 2.24) is 0 Å². The monoisotopic (exact) mass is 269 g/mol. The van der Waals surface area contributed by atoms with Crippen molar-refractivity contribution in [3.8, 4) is 11.3 Å². The minimum Gasteiger partial charge on any atom is -0.453 e. The van der Waals surface area contributed by atoms with Gasteiger partial charge in [0.15, 0.2) is 12.0 Å². The predicted octanol–water partition coefficient (Wildman–Crippen LogP) is 3.28. The predicted molar refractivity (Wildman–Crippen MR) is 75.7 cm³/mol. The van der Waals surface area contributed by atoms with Gasteiger partial charge in [0.2, 0.25) is 5.91 Å². The molecular weight excluding hydrogens is 254 g/mol. The molecule has 0 radical (unpaired) electrons. The average Bonchev–Trinajstić information content (AvgIpc) is 2.97. The van der Waals surface area contributed by atoms with E-state index in [9.17, 15) is 9.59 Å². The lowest BCUT2D eigenvalue weighted by Crippen LogP contribution is -2.35. The average molecular weight is 269 g/mol. The maximum atomic E-state index is 11.9. The lowest BCUT2D eigenvalue weighted by molar-refractivity contribution is -0.119. The molecule has 2 heterocycles. The lowest BCUT2D eigenvalue weighted by Gasteiger charge is -2.27. The molecule has 102 valence electrons. The highest BCUT2D eigenvalue weighted by Gasteiger charge is 2.20. The molecule has 0 N–H and O–H groups in total. The number of nitrogens with zero attached hydrogens (tertiary/aromatic N) is 1. The molecule has 1 aliphatic rings. The van der Waals surface area contributed by atoms with Gasteiger partial charge in [-0.05, 0) is 37.1 Å². The number of rotatable bonds is 3. The molecule has 1 amide bonds. The Labute approximate surface area is 117 Å². The summed E-state index contributed by atoms with van der Waals surface area (Å²) in [5.41, 5.74) is 1.75. The van der Waals surface area contributed by atoms with Gasteiger partial charge in [0.1, 0.15) is 5.76 Å². The number of piperidine rings is 1. The van der Waals surface area contributed by atoms with E-state index in [2.05, 4.69) is 0 Å². The van der Waals surface area contributed by atoms with E-state index in [1.807, 2.05) is 29.2 Å². The first kappa shape index (κ1) is 12.7. The van der Waals surface area contributed by atoms with Crippen LogP contribution < -0.4 is 4.90 Å². The first-order valence-electron chi connectivity index (χ1n) is 6.74. The molecular formula is C16H15NO3. The third-order valence-electron chi connectivity index (χ3n) is 3.51. The van der Waals surface area contributed by atoms with Crippen molar-refractivity contribution in [2.75, 3.05) is 11.4 Å². The molecule has 4 nitrogen and oxygen atoms in total. The Kier molecular flexibility index (Phi) is 3.37. The maximum absolute atomic E-state index is 11.9. The van der Waals surface area contributed by atoms with Crippen LogP contribution in [-0.2, 0) is 4.79 Å². The molecule has 0 bridgehead atoms. The Morgan fingerprint density at radius 2 is 2.05 bits per heavy atom. The molecule has 1 fully saturated rings. The Morgan fingerprint density at radius 1 is 1.15 bits per heavy atom. The standard InChI is InChI=1S/C16H15NO3/c18-11-14-7-8-15(20-14)12-4-3-5-13(10-12)17-9-2-1-6-16(17)19/h3-5,7-8,10-11H,1-2,6,9H2. The molecule has 1 aliphatic heterocycles. The molecule has 1 aromatic carbocycles. The second-order valence-electron chi connectivity index (χ2n) is 4.87. The summed E-state index contributed by atoms with van der Waals surface area (Å²) in [6, 6.07) is 11.1. The fourth-order valence-corrected chi connectivity index (χ4v) is 2.48. The number of benzene rings is 1. The fraction of sp³-hybridized carbons (Fsp3) is 0.250. The highest BCUT2D eigenvalue weighted by molar-refractivity contribution is 5.94. The van der Waals surface area contributed by atoms with Crippen molar-refractivity contribution in [1.29, 1.82) is 0 Å². The summed E-state index contributed by atoms with van der Waals surface area (Å²) in [6.07, 6.45) is 3.30. The SMILES string of the molecule is O=Cc1ccc(-c2cccc(N3CCCCC3=O)c2)o1. The van der Waals surface area contributed by atoms with E-state index >= 15 is 0 Å². The van der Waals surface area contributed by atoms with Gasteiger partial charge in [0.25, 0.3) is 0 Å². The zero-order valence-corrected chi connectivity index (χ0v) is 11.0. The summed E-state index contributed by atoms with van der Waals surface area (Å²) in [5.74, 6) is 1.11. The van der Waals surface area contributed by atoms with Gasteiger partial charge in [-0.15, -0.1) is 0 Å². The zero-order valence-electron chi connectivity index (χ0n) is 11.0. The lowest BCUT2D eigenvalue weighted by atomic mass is 10.1. The highest BCUT2D eigenvalue weighted by atomic mass is 16.3. The second-order valence-corrected chi connectivity index (χ2v) is 4.87. The Hall–Kier alpha value is -2.36. The third kappa shape index (κ3) is 2.37. The molecule has 0 aliphatic carbocycles. The number of anilines is 1. The quantitative estimate of drug-likeness (QED) is 0.803. The van der Waals surface area contributed by atoms with Gasteiger partial charge >= 0.3 is 0 Å². The van der Waals surface area contributed by atoms with Crippen molar-refractivity contribution < 1.29 is 14.0 Å². The molecule has 3 rings (SSSR count). The topological polar surface area (TPSA) is 50.5 Å². The molecule has 20 heavy (non-hydrogen) atoms. The number of amides is 1. The smallest absolute Gasteiger partial charge is 0.226 e. The van der Waals surface area contributed by atoms with Crippen LogP contribution in [-0.4, -0.2) is 18.7 Å². The van der Waals surface area contributed by atoms with Gasteiger partial charge in [0.05, 0.1) is 0 Å². The number of hydrogen-bond acceptors (Lipinski definition) is 3. The zero-order chi connectivity index (χ0) is 13.9. The third-order valence-corrected chi connectivity index (χ3v) is 3.51. The van der Waals surface area contributed by atoms with Crippen LogP contribution in [0.5, 0.6) is 0 Å². The molecule has 0 saturated carbocycles. The number of carbonyl (C=O) groups excluding carboxylic acids is 2. The van der Waals surface area contributed by atoms with Gasteiger partial charge in [-0.1, -0.05) is 12.1 Å². The number of aldehydes is 1. The summed E-state index contributed by atoms with van der Waals surface area (Å²) >= 11 is 0. The van der Waals surface area contributed by atoms with E-state index in [0.717, 1.165) is 30.6 Å². The van der Waals surface area contributed by atoms with Gasteiger partial charge in [0, 0.05) is 24.2 Å². The number of hydrogen-bond donors (Lipinski definition) is 0. The van der Waals surface area contributed by atoms with Gasteiger partial charge < -0.3 is 9.32 Å².